The van der Waals surface area contributed by atoms with Crippen LogP contribution in [0.2, 0.25) is 0 Å². The predicted octanol–water partition coefficient (Wildman–Crippen LogP) is 4.39. The van der Waals surface area contributed by atoms with Crippen molar-refractivity contribution in [2.45, 2.75) is 69.5 Å². The highest BCUT2D eigenvalue weighted by Crippen LogP contribution is 2.59. The molecule has 6 nitrogen and oxygen atoms in total. The van der Waals surface area contributed by atoms with E-state index in [4.69, 9.17) is 18.9 Å². The van der Waals surface area contributed by atoms with E-state index < -0.39 is 0 Å². The highest BCUT2D eigenvalue weighted by molar-refractivity contribution is 5.87. The minimum absolute atomic E-state index is 0.0275. The molecule has 6 heteroatoms. The van der Waals surface area contributed by atoms with Crippen molar-refractivity contribution in [1.82, 2.24) is 0 Å². The standard InChI is InChI=1S/C27H37NO5/c1-18(2)7-13-22-26(3,33-22)25-24(30-6)21(15-16-27(25)17-31-27)32-23(29)14-10-19-8-11-20(12-9-19)28(4)5/h7-12,14,21-22,24-25H,13,15-17H2,1-6H3/b14-10+/t21-,22+,24-,25-,26-,27+/m1/s1. The molecule has 3 aliphatic rings. The molecule has 1 aromatic carbocycles. The molecule has 1 spiro atoms. The summed E-state index contributed by atoms with van der Waals surface area (Å²) in [4.78, 5) is 14.7. The van der Waals surface area contributed by atoms with Crippen LogP contribution in [0.15, 0.2) is 42.0 Å². The van der Waals surface area contributed by atoms with Crippen molar-refractivity contribution in [3.05, 3.63) is 47.6 Å². The molecule has 0 bridgehead atoms. The highest BCUT2D eigenvalue weighted by atomic mass is 16.6. The molecule has 1 aromatic rings. The van der Waals surface area contributed by atoms with Crippen molar-refractivity contribution in [3.63, 3.8) is 0 Å². The highest BCUT2D eigenvalue weighted by Gasteiger charge is 2.72. The van der Waals surface area contributed by atoms with Gasteiger partial charge < -0.3 is 23.8 Å². The van der Waals surface area contributed by atoms with E-state index in [1.54, 1.807) is 13.2 Å². The number of carbonyl (C=O) groups excluding carboxylic acids is 1. The Morgan fingerprint density at radius 3 is 2.52 bits per heavy atom. The van der Waals surface area contributed by atoms with Crippen LogP contribution >= 0.6 is 0 Å². The van der Waals surface area contributed by atoms with E-state index in [1.807, 2.05) is 43.3 Å². The predicted molar refractivity (Wildman–Crippen MR) is 129 cm³/mol. The molecule has 2 heterocycles. The second kappa shape index (κ2) is 9.24. The quantitative estimate of drug-likeness (QED) is 0.251. The molecular weight excluding hydrogens is 418 g/mol. The van der Waals surface area contributed by atoms with Crippen LogP contribution in [0.25, 0.3) is 6.08 Å². The van der Waals surface area contributed by atoms with Crippen molar-refractivity contribution >= 4 is 17.7 Å². The number of nitrogens with zero attached hydrogens (tertiary/aromatic N) is 1. The van der Waals surface area contributed by atoms with E-state index in [1.165, 1.54) is 11.6 Å². The number of benzene rings is 1. The minimum Gasteiger partial charge on any atom is -0.456 e. The number of hydrogen-bond donors (Lipinski definition) is 0. The molecule has 0 unspecified atom stereocenters. The fourth-order valence-electron chi connectivity index (χ4n) is 5.31. The van der Waals surface area contributed by atoms with E-state index >= 15 is 0 Å². The average molecular weight is 456 g/mol. The fourth-order valence-corrected chi connectivity index (χ4v) is 5.31. The van der Waals surface area contributed by atoms with Gasteiger partial charge in [0, 0.05) is 33.0 Å². The Balaban J connectivity index is 1.43. The van der Waals surface area contributed by atoms with Crippen LogP contribution in [0.5, 0.6) is 0 Å². The van der Waals surface area contributed by atoms with E-state index in [0.29, 0.717) is 0 Å². The number of hydrogen-bond acceptors (Lipinski definition) is 6. The first-order valence-electron chi connectivity index (χ1n) is 11.8. The first-order chi connectivity index (χ1) is 15.7. The summed E-state index contributed by atoms with van der Waals surface area (Å²) < 4.78 is 24.1. The van der Waals surface area contributed by atoms with Gasteiger partial charge in [0.2, 0.25) is 0 Å². The summed E-state index contributed by atoms with van der Waals surface area (Å²) >= 11 is 0. The molecular formula is C27H37NO5. The van der Waals surface area contributed by atoms with Crippen molar-refractivity contribution in [3.8, 4) is 0 Å². The van der Waals surface area contributed by atoms with E-state index in [0.717, 1.165) is 37.1 Å². The molecule has 0 radical (unpaired) electrons. The number of methoxy groups -OCH3 is 1. The van der Waals surface area contributed by atoms with Crippen molar-refractivity contribution in [2.75, 3.05) is 32.7 Å². The summed E-state index contributed by atoms with van der Waals surface area (Å²) in [6, 6.07) is 8.02. The second-order valence-corrected chi connectivity index (χ2v) is 10.2. The number of carbonyl (C=O) groups is 1. The van der Waals surface area contributed by atoms with E-state index in [9.17, 15) is 4.79 Å². The zero-order valence-electron chi connectivity index (χ0n) is 20.7. The maximum absolute atomic E-state index is 12.7. The second-order valence-electron chi connectivity index (χ2n) is 10.2. The van der Waals surface area contributed by atoms with Crippen LogP contribution in [0.3, 0.4) is 0 Å². The Hall–Kier alpha value is -2.15. The summed E-state index contributed by atoms with van der Waals surface area (Å²) in [6.07, 6.45) is 7.49. The molecule has 2 saturated heterocycles. The van der Waals surface area contributed by atoms with Gasteiger partial charge in [0.25, 0.3) is 0 Å². The largest absolute Gasteiger partial charge is 0.456 e. The molecule has 0 amide bonds. The first kappa shape index (κ1) is 24.0. The first-order valence-corrected chi connectivity index (χ1v) is 11.8. The molecule has 6 atom stereocenters. The van der Waals surface area contributed by atoms with Crippen LogP contribution in [-0.2, 0) is 23.7 Å². The molecule has 4 rings (SSSR count). The van der Waals surface area contributed by atoms with Crippen molar-refractivity contribution < 1.29 is 23.7 Å². The van der Waals surface area contributed by atoms with Crippen LogP contribution < -0.4 is 4.90 Å². The molecule has 1 aliphatic carbocycles. The van der Waals surface area contributed by atoms with Crippen molar-refractivity contribution in [1.29, 1.82) is 0 Å². The third-order valence-corrected chi connectivity index (χ3v) is 7.33. The van der Waals surface area contributed by atoms with Gasteiger partial charge in [-0.2, -0.15) is 0 Å². The maximum Gasteiger partial charge on any atom is 0.331 e. The lowest BCUT2D eigenvalue weighted by atomic mass is 9.68. The topological polar surface area (TPSA) is 63.8 Å². The summed E-state index contributed by atoms with van der Waals surface area (Å²) in [5.41, 5.74) is 2.79. The van der Waals surface area contributed by atoms with Gasteiger partial charge in [-0.15, -0.1) is 0 Å². The van der Waals surface area contributed by atoms with Gasteiger partial charge in [0.1, 0.15) is 23.4 Å². The molecule has 180 valence electrons. The molecule has 33 heavy (non-hydrogen) atoms. The lowest BCUT2D eigenvalue weighted by Crippen LogP contribution is -2.55. The third-order valence-electron chi connectivity index (χ3n) is 7.33. The molecule has 1 saturated carbocycles. The Labute approximate surface area is 197 Å². The Kier molecular flexibility index (Phi) is 6.72. The van der Waals surface area contributed by atoms with Gasteiger partial charge >= 0.3 is 5.97 Å². The van der Waals surface area contributed by atoms with Gasteiger partial charge in [0.05, 0.1) is 18.6 Å². The number of epoxide rings is 2. The smallest absolute Gasteiger partial charge is 0.331 e. The summed E-state index contributed by atoms with van der Waals surface area (Å²) in [5.74, 6) is -0.326. The SMILES string of the molecule is CO[C@@H]1[C@H](OC(=O)/C=C/c2ccc(N(C)C)cc2)CC[C@]2(CO2)[C@H]1[C@]1(C)O[C@H]1CC=C(C)C. The zero-order chi connectivity index (χ0) is 23.8. The van der Waals surface area contributed by atoms with E-state index in [2.05, 4.69) is 26.8 Å². The number of anilines is 1. The molecule has 0 N–H and O–H groups in total. The molecule has 2 aliphatic heterocycles. The van der Waals surface area contributed by atoms with Gasteiger partial charge in [0.15, 0.2) is 0 Å². The summed E-state index contributed by atoms with van der Waals surface area (Å²) in [5, 5.41) is 0. The third kappa shape index (κ3) is 5.03. The minimum atomic E-state index is -0.354. The van der Waals surface area contributed by atoms with Crippen LogP contribution in [0.4, 0.5) is 5.69 Å². The number of ether oxygens (including phenoxy) is 4. The Morgan fingerprint density at radius 2 is 1.94 bits per heavy atom. The van der Waals surface area contributed by atoms with Crippen LogP contribution in [0, 0.1) is 5.92 Å². The van der Waals surface area contributed by atoms with Gasteiger partial charge in [-0.05, 0) is 63.8 Å². The summed E-state index contributed by atoms with van der Waals surface area (Å²) in [6.45, 7) is 7.07. The Morgan fingerprint density at radius 1 is 1.24 bits per heavy atom. The molecule has 3 fully saturated rings. The van der Waals surface area contributed by atoms with Gasteiger partial charge in [-0.25, -0.2) is 4.79 Å². The van der Waals surface area contributed by atoms with E-state index in [-0.39, 0.29) is 41.4 Å². The number of esters is 1. The van der Waals surface area contributed by atoms with Gasteiger partial charge in [-0.1, -0.05) is 23.8 Å². The van der Waals surface area contributed by atoms with Crippen LogP contribution in [0.1, 0.15) is 45.6 Å². The lowest BCUT2D eigenvalue weighted by Gasteiger charge is -2.42. The average Bonchev–Trinajstić information content (AvgIpc) is 3.69. The maximum atomic E-state index is 12.7. The zero-order valence-corrected chi connectivity index (χ0v) is 20.7. The summed E-state index contributed by atoms with van der Waals surface area (Å²) in [7, 11) is 5.69. The van der Waals surface area contributed by atoms with Crippen molar-refractivity contribution in [2.24, 2.45) is 5.92 Å². The Bertz CT molecular complexity index is 913. The van der Waals surface area contributed by atoms with Gasteiger partial charge in [-0.3, -0.25) is 0 Å². The normalized spacial score (nSPS) is 34.8. The van der Waals surface area contributed by atoms with Crippen LogP contribution in [-0.4, -0.2) is 63.3 Å². The molecule has 0 aromatic heterocycles. The lowest BCUT2D eigenvalue weighted by molar-refractivity contribution is -0.166. The number of allylic oxidation sites excluding steroid dienone is 1. The number of rotatable bonds is 8. The fraction of sp³-hybridized carbons (Fsp3) is 0.593. The monoisotopic (exact) mass is 455 g/mol.